The Labute approximate surface area is 79.0 Å². The molecule has 2 heteroatoms. The summed E-state index contributed by atoms with van der Waals surface area (Å²) in [4.78, 5) is 4.00. The first kappa shape index (κ1) is 9.52. The topological polar surface area (TPSA) is 24.4 Å². The molecule has 68 valence electrons. The SMILES string of the molecule is C=C(NC(C)=NC)c1ccccc1. The van der Waals surface area contributed by atoms with Gasteiger partial charge in [-0.25, -0.2) is 0 Å². The van der Waals surface area contributed by atoms with Gasteiger partial charge in [-0.3, -0.25) is 4.99 Å². The van der Waals surface area contributed by atoms with Crippen LogP contribution in [0, 0.1) is 0 Å². The fraction of sp³-hybridized carbons (Fsp3) is 0.182. The molecule has 0 unspecified atom stereocenters. The van der Waals surface area contributed by atoms with Crippen molar-refractivity contribution in [1.82, 2.24) is 5.32 Å². The molecule has 0 saturated heterocycles. The fourth-order valence-electron chi connectivity index (χ4n) is 0.986. The van der Waals surface area contributed by atoms with Gasteiger partial charge in [0.05, 0.1) is 5.84 Å². The van der Waals surface area contributed by atoms with Crippen LogP contribution in [0.2, 0.25) is 0 Å². The zero-order chi connectivity index (χ0) is 9.68. The Balaban J connectivity index is 2.70. The normalized spacial score (nSPS) is 11.1. The second-order valence-corrected chi connectivity index (χ2v) is 2.78. The lowest BCUT2D eigenvalue weighted by molar-refractivity contribution is 1.23. The third-order valence-corrected chi connectivity index (χ3v) is 1.79. The van der Waals surface area contributed by atoms with Gasteiger partial charge in [0.1, 0.15) is 0 Å². The Morgan fingerprint density at radius 3 is 2.46 bits per heavy atom. The van der Waals surface area contributed by atoms with E-state index in [4.69, 9.17) is 0 Å². The molecule has 0 fully saturated rings. The monoisotopic (exact) mass is 174 g/mol. The maximum Gasteiger partial charge on any atom is 0.0972 e. The van der Waals surface area contributed by atoms with Crippen molar-refractivity contribution in [3.05, 3.63) is 42.5 Å². The van der Waals surface area contributed by atoms with Gasteiger partial charge in [-0.15, -0.1) is 0 Å². The third kappa shape index (κ3) is 2.75. The van der Waals surface area contributed by atoms with E-state index < -0.39 is 0 Å². The van der Waals surface area contributed by atoms with E-state index in [1.165, 1.54) is 0 Å². The molecule has 0 atom stereocenters. The average Bonchev–Trinajstić information content (AvgIpc) is 2.19. The van der Waals surface area contributed by atoms with E-state index in [1.807, 2.05) is 37.3 Å². The molecule has 0 aliphatic rings. The Hall–Kier alpha value is -1.57. The molecule has 2 nitrogen and oxygen atoms in total. The van der Waals surface area contributed by atoms with Gasteiger partial charge in [-0.1, -0.05) is 36.9 Å². The lowest BCUT2D eigenvalue weighted by Gasteiger charge is -2.07. The Morgan fingerprint density at radius 1 is 1.31 bits per heavy atom. The van der Waals surface area contributed by atoms with Gasteiger partial charge in [0.2, 0.25) is 0 Å². The van der Waals surface area contributed by atoms with Crippen LogP contribution in [0.1, 0.15) is 12.5 Å². The van der Waals surface area contributed by atoms with Crippen LogP contribution in [0.4, 0.5) is 0 Å². The summed E-state index contributed by atoms with van der Waals surface area (Å²) in [7, 11) is 1.75. The highest BCUT2D eigenvalue weighted by Crippen LogP contribution is 2.07. The molecule has 0 heterocycles. The van der Waals surface area contributed by atoms with Gasteiger partial charge >= 0.3 is 0 Å². The molecule has 0 radical (unpaired) electrons. The van der Waals surface area contributed by atoms with Crippen LogP contribution in [0.15, 0.2) is 41.9 Å². The second kappa shape index (κ2) is 4.45. The molecule has 0 spiro atoms. The zero-order valence-corrected chi connectivity index (χ0v) is 8.04. The van der Waals surface area contributed by atoms with Crippen LogP contribution in [-0.2, 0) is 0 Å². The molecule has 0 aromatic heterocycles. The van der Waals surface area contributed by atoms with Crippen LogP contribution in [0.3, 0.4) is 0 Å². The van der Waals surface area contributed by atoms with Crippen molar-refractivity contribution in [2.75, 3.05) is 7.05 Å². The predicted octanol–water partition coefficient (Wildman–Crippen LogP) is 2.30. The number of aliphatic imine (C=N–C) groups is 1. The smallest absolute Gasteiger partial charge is 0.0972 e. The molecular weight excluding hydrogens is 160 g/mol. The molecule has 0 aliphatic carbocycles. The van der Waals surface area contributed by atoms with Crippen molar-refractivity contribution in [2.24, 2.45) is 4.99 Å². The van der Waals surface area contributed by atoms with Crippen molar-refractivity contribution >= 4 is 11.5 Å². The zero-order valence-electron chi connectivity index (χ0n) is 8.04. The summed E-state index contributed by atoms with van der Waals surface area (Å²) < 4.78 is 0. The largest absolute Gasteiger partial charge is 0.344 e. The van der Waals surface area contributed by atoms with E-state index >= 15 is 0 Å². The number of nitrogens with zero attached hydrogens (tertiary/aromatic N) is 1. The summed E-state index contributed by atoms with van der Waals surface area (Å²) in [6, 6.07) is 9.98. The molecule has 0 bridgehead atoms. The number of benzene rings is 1. The van der Waals surface area contributed by atoms with Gasteiger partial charge in [-0.05, 0) is 12.5 Å². The molecule has 1 aromatic carbocycles. The van der Waals surface area contributed by atoms with E-state index in [9.17, 15) is 0 Å². The van der Waals surface area contributed by atoms with Crippen molar-refractivity contribution in [1.29, 1.82) is 0 Å². The van der Waals surface area contributed by atoms with Crippen molar-refractivity contribution < 1.29 is 0 Å². The highest BCUT2D eigenvalue weighted by atomic mass is 15.0. The molecule has 1 aromatic rings. The van der Waals surface area contributed by atoms with Crippen molar-refractivity contribution in [3.8, 4) is 0 Å². The van der Waals surface area contributed by atoms with E-state index in [1.54, 1.807) is 7.05 Å². The quantitative estimate of drug-likeness (QED) is 0.540. The summed E-state index contributed by atoms with van der Waals surface area (Å²) >= 11 is 0. The van der Waals surface area contributed by atoms with Crippen LogP contribution >= 0.6 is 0 Å². The summed E-state index contributed by atoms with van der Waals surface area (Å²) in [6.45, 7) is 5.83. The Kier molecular flexibility index (Phi) is 3.26. The highest BCUT2D eigenvalue weighted by Gasteiger charge is 1.96. The number of amidine groups is 1. The van der Waals surface area contributed by atoms with Crippen molar-refractivity contribution in [2.45, 2.75) is 6.92 Å². The summed E-state index contributed by atoms with van der Waals surface area (Å²) in [5, 5.41) is 3.10. The van der Waals surface area contributed by atoms with E-state index in [2.05, 4.69) is 16.9 Å². The molecule has 0 amide bonds. The number of hydrogen-bond acceptors (Lipinski definition) is 1. The summed E-state index contributed by atoms with van der Waals surface area (Å²) in [5.41, 5.74) is 1.97. The van der Waals surface area contributed by atoms with Gasteiger partial charge in [0.25, 0.3) is 0 Å². The molecule has 0 aliphatic heterocycles. The summed E-state index contributed by atoms with van der Waals surface area (Å²) in [5.74, 6) is 0.869. The Bertz CT molecular complexity index is 312. The van der Waals surface area contributed by atoms with Crippen LogP contribution in [0.25, 0.3) is 5.70 Å². The van der Waals surface area contributed by atoms with Gasteiger partial charge in [0, 0.05) is 12.7 Å². The Morgan fingerprint density at radius 2 is 1.92 bits per heavy atom. The number of nitrogens with one attached hydrogen (secondary N) is 1. The molecule has 1 N–H and O–H groups in total. The third-order valence-electron chi connectivity index (χ3n) is 1.79. The van der Waals surface area contributed by atoms with Gasteiger partial charge in [-0.2, -0.15) is 0 Å². The lowest BCUT2D eigenvalue weighted by atomic mass is 10.2. The maximum absolute atomic E-state index is 4.00. The first-order chi connectivity index (χ1) is 6.24. The second-order valence-electron chi connectivity index (χ2n) is 2.78. The van der Waals surface area contributed by atoms with Crippen LogP contribution < -0.4 is 5.32 Å². The minimum absolute atomic E-state index is 0.869. The fourth-order valence-corrected chi connectivity index (χ4v) is 0.986. The predicted molar refractivity (Wildman–Crippen MR) is 57.6 cm³/mol. The number of rotatable bonds is 2. The van der Waals surface area contributed by atoms with Crippen LogP contribution in [-0.4, -0.2) is 12.9 Å². The molecule has 0 saturated carbocycles. The van der Waals surface area contributed by atoms with Crippen LogP contribution in [0.5, 0.6) is 0 Å². The first-order valence-corrected chi connectivity index (χ1v) is 4.19. The van der Waals surface area contributed by atoms with E-state index in [0.29, 0.717) is 0 Å². The minimum atomic E-state index is 0.869. The lowest BCUT2D eigenvalue weighted by Crippen LogP contribution is -2.17. The summed E-state index contributed by atoms with van der Waals surface area (Å²) in [6.07, 6.45) is 0. The molecule has 13 heavy (non-hydrogen) atoms. The average molecular weight is 174 g/mol. The highest BCUT2D eigenvalue weighted by molar-refractivity contribution is 5.88. The minimum Gasteiger partial charge on any atom is -0.344 e. The van der Waals surface area contributed by atoms with E-state index in [-0.39, 0.29) is 0 Å². The maximum atomic E-state index is 4.00. The molecule has 1 rings (SSSR count). The number of hydrogen-bond donors (Lipinski definition) is 1. The molecular formula is C11H14N2. The first-order valence-electron chi connectivity index (χ1n) is 4.19. The standard InChI is InChI=1S/C11H14N2/c1-9(13-10(2)12-3)11-7-5-4-6-8-11/h4-8H,1H2,2-3H3,(H,12,13). The van der Waals surface area contributed by atoms with Gasteiger partial charge in [0.15, 0.2) is 0 Å². The van der Waals surface area contributed by atoms with Crippen molar-refractivity contribution in [3.63, 3.8) is 0 Å². The van der Waals surface area contributed by atoms with Gasteiger partial charge < -0.3 is 5.32 Å². The van der Waals surface area contributed by atoms with E-state index in [0.717, 1.165) is 17.1 Å².